The predicted octanol–water partition coefficient (Wildman–Crippen LogP) is 6.32. The zero-order valence-electron chi connectivity index (χ0n) is 22.3. The van der Waals surface area contributed by atoms with Gasteiger partial charge in [0.25, 0.3) is 0 Å². The first-order valence-electron chi connectivity index (χ1n) is 12.2. The van der Waals surface area contributed by atoms with Crippen LogP contribution < -0.4 is 23.7 Å². The van der Waals surface area contributed by atoms with E-state index in [0.29, 0.717) is 40.0 Å². The summed E-state index contributed by atoms with van der Waals surface area (Å²) in [6, 6.07) is 19.0. The molecule has 0 radical (unpaired) electrons. The highest BCUT2D eigenvalue weighted by Crippen LogP contribution is 2.39. The summed E-state index contributed by atoms with van der Waals surface area (Å²) in [5.74, 6) is 2.22. The van der Waals surface area contributed by atoms with Crippen LogP contribution in [0.1, 0.15) is 16.1 Å². The quantitative estimate of drug-likeness (QED) is 0.178. The van der Waals surface area contributed by atoms with E-state index in [0.717, 1.165) is 33.1 Å². The number of para-hydroxylation sites is 1. The summed E-state index contributed by atoms with van der Waals surface area (Å²) in [4.78, 5) is 21.6. The van der Waals surface area contributed by atoms with Gasteiger partial charge in [0.15, 0.2) is 28.8 Å². The molecule has 0 saturated carbocycles. The summed E-state index contributed by atoms with van der Waals surface area (Å²) in [6.45, 7) is 0. The van der Waals surface area contributed by atoms with Gasteiger partial charge < -0.3 is 28.7 Å². The van der Waals surface area contributed by atoms with Crippen molar-refractivity contribution in [3.05, 3.63) is 78.0 Å². The number of hydrogen-bond acceptors (Lipinski definition) is 7. The van der Waals surface area contributed by atoms with Gasteiger partial charge in [-0.1, -0.05) is 18.2 Å². The highest BCUT2D eigenvalue weighted by Gasteiger charge is 2.17. The Morgan fingerprint density at radius 3 is 2.10 bits per heavy atom. The topological polar surface area (TPSA) is 91.9 Å². The zero-order chi connectivity index (χ0) is 27.5. The molecule has 0 aliphatic carbocycles. The van der Waals surface area contributed by atoms with E-state index in [1.165, 1.54) is 27.4 Å². The third-order valence-corrected chi connectivity index (χ3v) is 6.53. The van der Waals surface area contributed by atoms with Crippen molar-refractivity contribution in [3.8, 4) is 40.0 Å². The molecule has 0 spiro atoms. The van der Waals surface area contributed by atoms with Crippen molar-refractivity contribution >= 4 is 33.7 Å². The Kier molecular flexibility index (Phi) is 7.10. The van der Waals surface area contributed by atoms with Crippen LogP contribution in [0.4, 0.5) is 0 Å². The maximum Gasteiger partial charge on any atom is 0.203 e. The number of benzene rings is 3. The number of fused-ring (bicyclic) bond motifs is 3. The second kappa shape index (κ2) is 10.8. The van der Waals surface area contributed by atoms with Gasteiger partial charge in [0.2, 0.25) is 5.75 Å². The fourth-order valence-electron chi connectivity index (χ4n) is 4.62. The molecule has 8 nitrogen and oxygen atoms in total. The minimum absolute atomic E-state index is 0.234. The van der Waals surface area contributed by atoms with E-state index in [4.69, 9.17) is 28.7 Å². The van der Waals surface area contributed by atoms with Crippen LogP contribution in [0.2, 0.25) is 0 Å². The van der Waals surface area contributed by atoms with Gasteiger partial charge in [-0.2, -0.15) is 0 Å². The van der Waals surface area contributed by atoms with E-state index in [-0.39, 0.29) is 5.78 Å². The van der Waals surface area contributed by atoms with Gasteiger partial charge in [0.1, 0.15) is 0 Å². The predicted molar refractivity (Wildman–Crippen MR) is 152 cm³/mol. The first-order chi connectivity index (χ1) is 19.0. The van der Waals surface area contributed by atoms with Gasteiger partial charge in [-0.3, -0.25) is 4.79 Å². The molecule has 2 aromatic heterocycles. The normalized spacial score (nSPS) is 11.2. The Balaban J connectivity index is 1.62. The van der Waals surface area contributed by atoms with Crippen molar-refractivity contribution < 1.29 is 28.5 Å². The smallest absolute Gasteiger partial charge is 0.203 e. The maximum absolute atomic E-state index is 13.2. The van der Waals surface area contributed by atoms with Gasteiger partial charge in [-0.15, -0.1) is 0 Å². The monoisotopic (exact) mass is 524 g/mol. The van der Waals surface area contributed by atoms with Crippen molar-refractivity contribution in [2.75, 3.05) is 35.5 Å². The second-order valence-electron chi connectivity index (χ2n) is 8.67. The average molecular weight is 525 g/mol. The summed E-state index contributed by atoms with van der Waals surface area (Å²) in [5.41, 5.74) is 4.47. The molecule has 8 heteroatoms. The molecule has 0 aliphatic heterocycles. The average Bonchev–Trinajstić information content (AvgIpc) is 3.36. The van der Waals surface area contributed by atoms with Crippen LogP contribution in [0.15, 0.2) is 66.7 Å². The van der Waals surface area contributed by atoms with E-state index in [9.17, 15) is 4.79 Å². The molecule has 0 unspecified atom stereocenters. The molecule has 0 bridgehead atoms. The Bertz CT molecular complexity index is 1690. The van der Waals surface area contributed by atoms with E-state index in [1.807, 2.05) is 42.5 Å². The summed E-state index contributed by atoms with van der Waals surface area (Å²) in [6.07, 6.45) is 3.19. The summed E-state index contributed by atoms with van der Waals surface area (Å²) in [5, 5.41) is 2.05. The molecule has 0 atom stereocenters. The number of hydrogen-bond donors (Lipinski definition) is 1. The van der Waals surface area contributed by atoms with Gasteiger partial charge in [0.05, 0.1) is 52.5 Å². The maximum atomic E-state index is 13.2. The third-order valence-electron chi connectivity index (χ3n) is 6.53. The number of ether oxygens (including phenoxy) is 5. The Morgan fingerprint density at radius 2 is 1.44 bits per heavy atom. The van der Waals surface area contributed by atoms with Crippen molar-refractivity contribution in [3.63, 3.8) is 0 Å². The number of carbonyl (C=O) groups excluding carboxylic acids is 1. The summed E-state index contributed by atoms with van der Waals surface area (Å²) >= 11 is 0. The van der Waals surface area contributed by atoms with Crippen LogP contribution in [-0.2, 0) is 0 Å². The molecule has 198 valence electrons. The number of nitrogens with zero attached hydrogens (tertiary/aromatic N) is 1. The van der Waals surface area contributed by atoms with Crippen molar-refractivity contribution in [2.45, 2.75) is 0 Å². The van der Waals surface area contributed by atoms with Crippen LogP contribution >= 0.6 is 0 Å². The lowest BCUT2D eigenvalue weighted by atomic mass is 10.0. The first kappa shape index (κ1) is 25.7. The summed E-state index contributed by atoms with van der Waals surface area (Å²) in [7, 11) is 7.74. The first-order valence-corrected chi connectivity index (χ1v) is 12.2. The number of pyridine rings is 1. The number of ketones is 1. The number of aromatic amines is 1. The van der Waals surface area contributed by atoms with Crippen LogP contribution in [0.25, 0.3) is 39.1 Å². The zero-order valence-corrected chi connectivity index (χ0v) is 22.3. The molecule has 0 fully saturated rings. The lowest BCUT2D eigenvalue weighted by Gasteiger charge is -2.13. The fraction of sp³-hybridized carbons (Fsp3) is 0.161. The van der Waals surface area contributed by atoms with Crippen LogP contribution in [0.3, 0.4) is 0 Å². The minimum Gasteiger partial charge on any atom is -0.493 e. The van der Waals surface area contributed by atoms with E-state index in [1.54, 1.807) is 32.4 Å². The number of H-pyrrole nitrogens is 1. The molecule has 3 aromatic carbocycles. The molecular weight excluding hydrogens is 496 g/mol. The van der Waals surface area contributed by atoms with Crippen molar-refractivity contribution in [2.24, 2.45) is 0 Å². The minimum atomic E-state index is -0.234. The third kappa shape index (κ3) is 4.72. The van der Waals surface area contributed by atoms with E-state index >= 15 is 0 Å². The molecule has 5 aromatic rings. The Hall–Kier alpha value is -4.98. The highest BCUT2D eigenvalue weighted by molar-refractivity contribution is 6.12. The summed E-state index contributed by atoms with van der Waals surface area (Å²) < 4.78 is 27.1. The molecule has 0 amide bonds. The molecule has 39 heavy (non-hydrogen) atoms. The van der Waals surface area contributed by atoms with Crippen LogP contribution in [0, 0.1) is 0 Å². The van der Waals surface area contributed by atoms with E-state index < -0.39 is 0 Å². The number of aromatic nitrogens is 2. The Labute approximate surface area is 225 Å². The number of rotatable bonds is 9. The van der Waals surface area contributed by atoms with Gasteiger partial charge in [0, 0.05) is 27.4 Å². The largest absolute Gasteiger partial charge is 0.493 e. The second-order valence-corrected chi connectivity index (χ2v) is 8.67. The van der Waals surface area contributed by atoms with Gasteiger partial charge in [-0.25, -0.2) is 4.98 Å². The molecule has 1 N–H and O–H groups in total. The number of allylic oxidation sites excluding steroid dienone is 1. The molecule has 0 aliphatic rings. The lowest BCUT2D eigenvalue weighted by molar-refractivity contribution is 0.104. The van der Waals surface area contributed by atoms with Crippen LogP contribution in [0.5, 0.6) is 28.7 Å². The SMILES string of the molecule is COc1ccc(-c2nc(/C=C/C(=O)c3cc(OC)c(OC)c(OC)c3)cc3c2[nH]c2ccccc23)cc1OC. The van der Waals surface area contributed by atoms with Gasteiger partial charge >= 0.3 is 0 Å². The van der Waals surface area contributed by atoms with Crippen LogP contribution in [-0.4, -0.2) is 51.3 Å². The lowest BCUT2D eigenvalue weighted by Crippen LogP contribution is -2.00. The van der Waals surface area contributed by atoms with Crippen molar-refractivity contribution in [1.29, 1.82) is 0 Å². The fourth-order valence-corrected chi connectivity index (χ4v) is 4.62. The number of nitrogens with one attached hydrogen (secondary N) is 1. The standard InChI is InChI=1S/C31H28N2O6/c1-35-25-13-10-18(14-26(25)36-2)29-30-22(21-8-6-7-9-23(21)33-30)17-20(32-29)11-12-24(34)19-15-27(37-3)31(39-5)28(16-19)38-4/h6-17,33H,1-5H3/b12-11+. The molecular formula is C31H28N2O6. The molecule has 0 saturated heterocycles. The van der Waals surface area contributed by atoms with Gasteiger partial charge in [-0.05, 0) is 54.6 Å². The molecule has 5 rings (SSSR count). The molecule has 2 heterocycles. The Morgan fingerprint density at radius 1 is 0.744 bits per heavy atom. The number of carbonyl (C=O) groups is 1. The number of methoxy groups -OCH3 is 5. The highest BCUT2D eigenvalue weighted by atomic mass is 16.5. The van der Waals surface area contributed by atoms with Crippen molar-refractivity contribution in [1.82, 2.24) is 9.97 Å². The van der Waals surface area contributed by atoms with E-state index in [2.05, 4.69) is 11.1 Å².